The second-order valence-electron chi connectivity index (χ2n) is 3.08. The molecule has 0 saturated carbocycles. The molecule has 1 rings (SSSR count). The highest BCUT2D eigenvalue weighted by Gasteiger charge is 2.21. The van der Waals surface area contributed by atoms with Gasteiger partial charge in [0.1, 0.15) is 6.61 Å². The van der Waals surface area contributed by atoms with Gasteiger partial charge in [0.25, 0.3) is 0 Å². The Labute approximate surface area is 67.3 Å². The first kappa shape index (κ1) is 8.53. The van der Waals surface area contributed by atoms with Gasteiger partial charge in [-0.2, -0.15) is 0 Å². The van der Waals surface area contributed by atoms with Crippen LogP contribution in [0.3, 0.4) is 0 Å². The lowest BCUT2D eigenvalue weighted by atomic mass is 10.2. The van der Waals surface area contributed by atoms with Gasteiger partial charge in [0.15, 0.2) is 0 Å². The minimum absolute atomic E-state index is 0.176. The van der Waals surface area contributed by atoms with Crippen molar-refractivity contribution in [2.45, 2.75) is 25.8 Å². The van der Waals surface area contributed by atoms with E-state index in [1.807, 2.05) is 0 Å². The van der Waals surface area contributed by atoms with Gasteiger partial charge in [-0.3, -0.25) is 4.79 Å². The van der Waals surface area contributed by atoms with Crippen LogP contribution in [-0.4, -0.2) is 37.1 Å². The van der Waals surface area contributed by atoms with Gasteiger partial charge in [0.05, 0.1) is 0 Å². The smallest absolute Gasteiger partial charge is 0.302 e. The van der Waals surface area contributed by atoms with E-state index >= 15 is 0 Å². The van der Waals surface area contributed by atoms with Crippen LogP contribution in [0.1, 0.15) is 19.8 Å². The van der Waals surface area contributed by atoms with E-state index in [0.717, 1.165) is 13.0 Å². The lowest BCUT2D eigenvalue weighted by Gasteiger charge is -2.18. The van der Waals surface area contributed by atoms with Gasteiger partial charge in [-0.05, 0) is 26.4 Å². The van der Waals surface area contributed by atoms with Crippen molar-refractivity contribution in [2.24, 2.45) is 0 Å². The van der Waals surface area contributed by atoms with E-state index < -0.39 is 0 Å². The molecule has 1 heterocycles. The van der Waals surface area contributed by atoms with Crippen LogP contribution in [0, 0.1) is 0 Å². The van der Waals surface area contributed by atoms with Crippen molar-refractivity contribution >= 4 is 5.97 Å². The molecule has 1 saturated heterocycles. The molecule has 3 nitrogen and oxygen atoms in total. The molecule has 1 fully saturated rings. The Hall–Kier alpha value is -0.570. The Morgan fingerprint density at radius 2 is 2.45 bits per heavy atom. The molecule has 0 unspecified atom stereocenters. The minimum Gasteiger partial charge on any atom is -0.464 e. The fourth-order valence-electron chi connectivity index (χ4n) is 1.40. The van der Waals surface area contributed by atoms with Gasteiger partial charge < -0.3 is 9.64 Å². The molecule has 0 aliphatic carbocycles. The number of likely N-dealkylation sites (N-methyl/N-ethyl adjacent to an activating group) is 1. The van der Waals surface area contributed by atoms with Crippen molar-refractivity contribution in [1.82, 2.24) is 4.90 Å². The summed E-state index contributed by atoms with van der Waals surface area (Å²) in [6.07, 6.45) is 2.38. The van der Waals surface area contributed by atoms with Gasteiger partial charge in [-0.1, -0.05) is 0 Å². The zero-order valence-corrected chi connectivity index (χ0v) is 7.17. The predicted molar refractivity (Wildman–Crippen MR) is 42.3 cm³/mol. The maximum absolute atomic E-state index is 10.5. The number of hydrogen-bond donors (Lipinski definition) is 0. The first-order chi connectivity index (χ1) is 5.20. The number of likely N-dealkylation sites (tertiary alicyclic amines) is 1. The van der Waals surface area contributed by atoms with E-state index in [4.69, 9.17) is 4.74 Å². The van der Waals surface area contributed by atoms with Crippen LogP contribution in [0.15, 0.2) is 0 Å². The average Bonchev–Trinajstić information content (AvgIpc) is 2.31. The number of nitrogens with zero attached hydrogens (tertiary/aromatic N) is 1. The van der Waals surface area contributed by atoms with Crippen molar-refractivity contribution in [2.75, 3.05) is 20.2 Å². The van der Waals surface area contributed by atoms with Gasteiger partial charge in [0, 0.05) is 13.0 Å². The quantitative estimate of drug-likeness (QED) is 0.551. The van der Waals surface area contributed by atoms with Crippen LogP contribution in [0.5, 0.6) is 0 Å². The molecule has 11 heavy (non-hydrogen) atoms. The van der Waals surface area contributed by atoms with E-state index in [2.05, 4.69) is 11.9 Å². The third-order valence-corrected chi connectivity index (χ3v) is 2.15. The van der Waals surface area contributed by atoms with Crippen molar-refractivity contribution in [3.05, 3.63) is 0 Å². The fourth-order valence-corrected chi connectivity index (χ4v) is 1.40. The molecule has 0 aromatic heterocycles. The minimum atomic E-state index is -0.176. The van der Waals surface area contributed by atoms with Crippen molar-refractivity contribution < 1.29 is 9.53 Å². The van der Waals surface area contributed by atoms with Crippen LogP contribution >= 0.6 is 0 Å². The Kier molecular flexibility index (Phi) is 2.88. The van der Waals surface area contributed by atoms with E-state index in [0.29, 0.717) is 12.6 Å². The summed E-state index contributed by atoms with van der Waals surface area (Å²) in [5.41, 5.74) is 0. The Morgan fingerprint density at radius 3 is 2.91 bits per heavy atom. The largest absolute Gasteiger partial charge is 0.464 e. The zero-order chi connectivity index (χ0) is 8.27. The summed E-state index contributed by atoms with van der Waals surface area (Å²) in [4.78, 5) is 12.7. The van der Waals surface area contributed by atoms with Crippen molar-refractivity contribution in [1.29, 1.82) is 0 Å². The van der Waals surface area contributed by atoms with Crippen LogP contribution in [0.25, 0.3) is 0 Å². The first-order valence-electron chi connectivity index (χ1n) is 4.04. The number of ether oxygens (including phenoxy) is 1. The number of esters is 1. The zero-order valence-electron chi connectivity index (χ0n) is 7.17. The number of carbonyl (C=O) groups excluding carboxylic acids is 1. The summed E-state index contributed by atoms with van der Waals surface area (Å²) in [7, 11) is 2.07. The van der Waals surface area contributed by atoms with Gasteiger partial charge >= 0.3 is 5.97 Å². The third kappa shape index (κ3) is 2.50. The number of rotatable bonds is 2. The average molecular weight is 157 g/mol. The Bertz CT molecular complexity index is 147. The Morgan fingerprint density at radius 1 is 1.73 bits per heavy atom. The number of hydrogen-bond acceptors (Lipinski definition) is 3. The lowest BCUT2D eigenvalue weighted by molar-refractivity contribution is -0.142. The SMILES string of the molecule is CC(=O)OC[C@@H]1CCCN1C. The van der Waals surface area contributed by atoms with E-state index in [1.54, 1.807) is 0 Å². The third-order valence-electron chi connectivity index (χ3n) is 2.15. The summed E-state index contributed by atoms with van der Waals surface area (Å²) in [5.74, 6) is -0.176. The maximum atomic E-state index is 10.5. The maximum Gasteiger partial charge on any atom is 0.302 e. The molecule has 0 bridgehead atoms. The van der Waals surface area contributed by atoms with Crippen LogP contribution in [-0.2, 0) is 9.53 Å². The molecule has 1 aliphatic rings. The molecular formula is C8H15NO2. The summed E-state index contributed by atoms with van der Waals surface area (Å²) in [6, 6.07) is 0.457. The summed E-state index contributed by atoms with van der Waals surface area (Å²) in [5, 5.41) is 0. The molecule has 1 atom stereocenters. The molecule has 3 heteroatoms. The van der Waals surface area contributed by atoms with E-state index in [1.165, 1.54) is 13.3 Å². The molecule has 1 aliphatic heterocycles. The van der Waals surface area contributed by atoms with Crippen molar-refractivity contribution in [3.63, 3.8) is 0 Å². The molecule has 0 spiro atoms. The molecular weight excluding hydrogens is 142 g/mol. The van der Waals surface area contributed by atoms with Gasteiger partial charge in [-0.15, -0.1) is 0 Å². The molecule has 64 valence electrons. The predicted octanol–water partition coefficient (Wildman–Crippen LogP) is 0.644. The molecule has 0 radical (unpaired) electrons. The van der Waals surface area contributed by atoms with Crippen LogP contribution < -0.4 is 0 Å². The fraction of sp³-hybridized carbons (Fsp3) is 0.875. The monoisotopic (exact) mass is 157 g/mol. The van der Waals surface area contributed by atoms with Crippen molar-refractivity contribution in [3.8, 4) is 0 Å². The van der Waals surface area contributed by atoms with Crippen LogP contribution in [0.2, 0.25) is 0 Å². The van der Waals surface area contributed by atoms with E-state index in [-0.39, 0.29) is 5.97 Å². The summed E-state index contributed by atoms with van der Waals surface area (Å²) < 4.78 is 4.92. The highest BCUT2D eigenvalue weighted by atomic mass is 16.5. The molecule has 0 aromatic rings. The molecule has 0 N–H and O–H groups in total. The van der Waals surface area contributed by atoms with Gasteiger partial charge in [-0.25, -0.2) is 0 Å². The summed E-state index contributed by atoms with van der Waals surface area (Å²) in [6.45, 7) is 3.15. The Balaban J connectivity index is 2.20. The number of carbonyl (C=O) groups is 1. The molecule has 0 aromatic carbocycles. The van der Waals surface area contributed by atoms with E-state index in [9.17, 15) is 4.79 Å². The second-order valence-corrected chi connectivity index (χ2v) is 3.08. The normalized spacial score (nSPS) is 25.5. The molecule has 0 amide bonds. The highest BCUT2D eigenvalue weighted by Crippen LogP contribution is 2.14. The van der Waals surface area contributed by atoms with Crippen LogP contribution in [0.4, 0.5) is 0 Å². The topological polar surface area (TPSA) is 29.5 Å². The highest BCUT2D eigenvalue weighted by molar-refractivity contribution is 5.65. The van der Waals surface area contributed by atoms with Gasteiger partial charge in [0.2, 0.25) is 0 Å². The summed E-state index contributed by atoms with van der Waals surface area (Å²) >= 11 is 0. The lowest BCUT2D eigenvalue weighted by Crippen LogP contribution is -2.30. The first-order valence-corrected chi connectivity index (χ1v) is 4.04. The second kappa shape index (κ2) is 3.72. The standard InChI is InChI=1S/C8H15NO2/c1-7(10)11-6-8-4-3-5-9(8)2/h8H,3-6H2,1-2H3/t8-/m0/s1.